The molecule has 1 saturated carbocycles. The first-order valence-corrected chi connectivity index (χ1v) is 11.3. The fraction of sp³-hybridized carbons (Fsp3) is 0.364. The van der Waals surface area contributed by atoms with Crippen LogP contribution >= 0.6 is 0 Å². The summed E-state index contributed by atoms with van der Waals surface area (Å²) in [6, 6.07) is 3.90. The van der Waals surface area contributed by atoms with Gasteiger partial charge in [0.15, 0.2) is 0 Å². The highest BCUT2D eigenvalue weighted by molar-refractivity contribution is 7.84. The molecule has 0 amide bonds. The van der Waals surface area contributed by atoms with Crippen molar-refractivity contribution >= 4 is 10.8 Å². The lowest BCUT2D eigenvalue weighted by molar-refractivity contribution is 0.434. The average Bonchev–Trinajstić information content (AvgIpc) is 3.05. The number of H-pyrrole nitrogens is 1. The third-order valence-electron chi connectivity index (χ3n) is 5.60. The van der Waals surface area contributed by atoms with Crippen molar-refractivity contribution in [3.63, 3.8) is 0 Å². The molecule has 1 N–H and O–H groups in total. The lowest BCUT2D eigenvalue weighted by Gasteiger charge is -2.25. The van der Waals surface area contributed by atoms with E-state index in [0.29, 0.717) is 11.2 Å². The van der Waals surface area contributed by atoms with Gasteiger partial charge in [0.1, 0.15) is 11.7 Å². The number of imidazole rings is 1. The van der Waals surface area contributed by atoms with Crippen molar-refractivity contribution < 1.29 is 8.60 Å². The van der Waals surface area contributed by atoms with Gasteiger partial charge in [-0.05, 0) is 50.0 Å². The minimum atomic E-state index is -0.759. The second kappa shape index (κ2) is 8.35. The zero-order valence-corrected chi connectivity index (χ0v) is 16.7. The SMILES string of the molecule is CS(=O)C1CCC(c2nc(-c3ccncc3)c(C3C=CC=C(F)C=C3)[nH]2)CC1. The zero-order valence-electron chi connectivity index (χ0n) is 15.8. The number of aromatic amines is 1. The maximum atomic E-state index is 13.6. The van der Waals surface area contributed by atoms with Gasteiger partial charge in [-0.25, -0.2) is 9.37 Å². The van der Waals surface area contributed by atoms with E-state index in [-0.39, 0.29) is 11.7 Å². The molecule has 146 valence electrons. The molecular formula is C22H24FN3OS. The van der Waals surface area contributed by atoms with E-state index in [4.69, 9.17) is 4.98 Å². The van der Waals surface area contributed by atoms with Crippen molar-refractivity contribution in [1.82, 2.24) is 15.0 Å². The van der Waals surface area contributed by atoms with Gasteiger partial charge in [0.2, 0.25) is 0 Å². The van der Waals surface area contributed by atoms with Gasteiger partial charge in [0, 0.05) is 52.1 Å². The number of aromatic nitrogens is 3. The third kappa shape index (κ3) is 4.07. The van der Waals surface area contributed by atoms with E-state index in [9.17, 15) is 8.60 Å². The molecule has 4 nitrogen and oxygen atoms in total. The Kier molecular flexibility index (Phi) is 5.67. The second-order valence-electron chi connectivity index (χ2n) is 7.41. The Morgan fingerprint density at radius 1 is 1.14 bits per heavy atom. The standard InChI is InChI=1S/C22H24FN3OS/c1-28(27)19-9-6-17(7-10-19)22-25-20(15-3-2-4-18(23)8-5-15)21(26-22)16-11-13-24-14-12-16/h2-5,8,11-15,17,19H,6-7,9-10H2,1H3,(H,25,26). The Hall–Kier alpha value is -2.34. The van der Waals surface area contributed by atoms with Gasteiger partial charge in [-0.2, -0.15) is 0 Å². The Morgan fingerprint density at radius 2 is 1.89 bits per heavy atom. The Morgan fingerprint density at radius 3 is 2.61 bits per heavy atom. The van der Waals surface area contributed by atoms with Crippen molar-refractivity contribution in [1.29, 1.82) is 0 Å². The number of nitrogens with one attached hydrogen (secondary N) is 1. The van der Waals surface area contributed by atoms with Crippen molar-refractivity contribution in [2.75, 3.05) is 6.26 Å². The topological polar surface area (TPSA) is 58.6 Å². The molecule has 0 saturated heterocycles. The van der Waals surface area contributed by atoms with Gasteiger partial charge < -0.3 is 4.98 Å². The molecule has 0 aromatic carbocycles. The maximum absolute atomic E-state index is 13.6. The van der Waals surface area contributed by atoms with E-state index in [2.05, 4.69) is 9.97 Å². The predicted molar refractivity (Wildman–Crippen MR) is 111 cm³/mol. The third-order valence-corrected chi connectivity index (χ3v) is 7.01. The summed E-state index contributed by atoms with van der Waals surface area (Å²) in [5, 5.41) is 0.298. The number of pyridine rings is 1. The average molecular weight is 398 g/mol. The molecule has 28 heavy (non-hydrogen) atoms. The van der Waals surface area contributed by atoms with Crippen LogP contribution in [0.1, 0.15) is 49.0 Å². The summed E-state index contributed by atoms with van der Waals surface area (Å²) in [4.78, 5) is 12.6. The lowest BCUT2D eigenvalue weighted by Crippen LogP contribution is -2.22. The number of rotatable bonds is 4. The van der Waals surface area contributed by atoms with Crippen LogP contribution in [-0.4, -0.2) is 30.7 Å². The largest absolute Gasteiger partial charge is 0.344 e. The number of nitrogens with zero attached hydrogens (tertiary/aromatic N) is 2. The van der Waals surface area contributed by atoms with Gasteiger partial charge in [-0.3, -0.25) is 9.19 Å². The highest BCUT2D eigenvalue weighted by Gasteiger charge is 2.28. The Bertz CT molecular complexity index is 940. The normalized spacial score (nSPS) is 25.9. The first kappa shape index (κ1) is 19.0. The highest BCUT2D eigenvalue weighted by atomic mass is 32.2. The summed E-state index contributed by atoms with van der Waals surface area (Å²) in [6.07, 6.45) is 17.8. The molecule has 6 heteroatoms. The fourth-order valence-electron chi connectivity index (χ4n) is 4.01. The summed E-state index contributed by atoms with van der Waals surface area (Å²) >= 11 is 0. The number of hydrogen-bond donors (Lipinski definition) is 1. The first-order chi connectivity index (χ1) is 13.6. The van der Waals surface area contributed by atoms with Crippen LogP contribution in [0.5, 0.6) is 0 Å². The molecule has 2 aliphatic carbocycles. The number of hydrogen-bond acceptors (Lipinski definition) is 3. The van der Waals surface area contributed by atoms with E-state index in [0.717, 1.165) is 48.5 Å². The van der Waals surface area contributed by atoms with Crippen molar-refractivity contribution in [2.24, 2.45) is 0 Å². The van der Waals surface area contributed by atoms with E-state index in [1.807, 2.05) is 24.3 Å². The molecule has 2 aromatic heterocycles. The molecule has 2 heterocycles. The van der Waals surface area contributed by atoms with Crippen LogP contribution in [0.4, 0.5) is 4.39 Å². The van der Waals surface area contributed by atoms with Gasteiger partial charge in [-0.15, -0.1) is 0 Å². The van der Waals surface area contributed by atoms with Gasteiger partial charge in [-0.1, -0.05) is 18.2 Å². The smallest absolute Gasteiger partial charge is 0.122 e. The molecule has 2 atom stereocenters. The molecule has 4 rings (SSSR count). The van der Waals surface area contributed by atoms with E-state index < -0.39 is 10.8 Å². The van der Waals surface area contributed by atoms with Crippen molar-refractivity contribution in [2.45, 2.75) is 42.8 Å². The van der Waals surface area contributed by atoms with Crippen LogP contribution in [0, 0.1) is 0 Å². The highest BCUT2D eigenvalue weighted by Crippen LogP contribution is 2.37. The fourth-order valence-corrected chi connectivity index (χ4v) is 4.95. The zero-order chi connectivity index (χ0) is 19.5. The quantitative estimate of drug-likeness (QED) is 0.795. The summed E-state index contributed by atoms with van der Waals surface area (Å²) in [6.45, 7) is 0. The molecule has 2 aromatic rings. The van der Waals surface area contributed by atoms with Crippen LogP contribution in [0.3, 0.4) is 0 Å². The van der Waals surface area contributed by atoms with E-state index >= 15 is 0 Å². The van der Waals surface area contributed by atoms with Gasteiger partial charge >= 0.3 is 0 Å². The van der Waals surface area contributed by atoms with Crippen LogP contribution in [0.2, 0.25) is 0 Å². The van der Waals surface area contributed by atoms with Crippen LogP contribution in [0.25, 0.3) is 11.3 Å². The molecule has 2 unspecified atom stereocenters. The number of halogens is 1. The molecule has 2 aliphatic rings. The molecule has 0 bridgehead atoms. The first-order valence-electron chi connectivity index (χ1n) is 9.66. The molecule has 0 spiro atoms. The molecule has 1 fully saturated rings. The summed E-state index contributed by atoms with van der Waals surface area (Å²) in [7, 11) is -0.759. The van der Waals surface area contributed by atoms with Gasteiger partial charge in [0.05, 0.1) is 11.4 Å². The number of allylic oxidation sites excluding steroid dienone is 6. The van der Waals surface area contributed by atoms with Crippen molar-refractivity contribution in [3.05, 3.63) is 72.3 Å². The van der Waals surface area contributed by atoms with E-state index in [1.54, 1.807) is 24.7 Å². The predicted octanol–water partition coefficient (Wildman–Crippen LogP) is 4.94. The molecular weight excluding hydrogens is 373 g/mol. The lowest BCUT2D eigenvalue weighted by atomic mass is 9.88. The minimum absolute atomic E-state index is 0.0756. The van der Waals surface area contributed by atoms with Crippen LogP contribution in [0.15, 0.2) is 60.7 Å². The molecule has 0 radical (unpaired) electrons. The summed E-state index contributed by atoms with van der Waals surface area (Å²) < 4.78 is 25.4. The maximum Gasteiger partial charge on any atom is 0.122 e. The van der Waals surface area contributed by atoms with Crippen molar-refractivity contribution in [3.8, 4) is 11.3 Å². The monoisotopic (exact) mass is 397 g/mol. The Balaban J connectivity index is 1.67. The van der Waals surface area contributed by atoms with Gasteiger partial charge in [0.25, 0.3) is 0 Å². The Labute approximate surface area is 167 Å². The summed E-state index contributed by atoms with van der Waals surface area (Å²) in [5.74, 6) is 0.979. The molecule has 0 aliphatic heterocycles. The minimum Gasteiger partial charge on any atom is -0.344 e. The second-order valence-corrected chi connectivity index (χ2v) is 9.08. The van der Waals surface area contributed by atoms with E-state index in [1.165, 1.54) is 12.2 Å². The van der Waals surface area contributed by atoms with Crippen LogP contribution in [-0.2, 0) is 10.8 Å². The summed E-state index contributed by atoms with van der Waals surface area (Å²) in [5.41, 5.74) is 2.86. The van der Waals surface area contributed by atoms with Crippen LogP contribution < -0.4 is 0 Å².